The second kappa shape index (κ2) is 7.11. The van der Waals surface area contributed by atoms with Gasteiger partial charge in [0.2, 0.25) is 0 Å². The van der Waals surface area contributed by atoms with Gasteiger partial charge in [-0.2, -0.15) is 0 Å². The number of hydrogen-bond acceptors (Lipinski definition) is 3. The molecule has 0 radical (unpaired) electrons. The van der Waals surface area contributed by atoms with E-state index in [-0.39, 0.29) is 37.2 Å². The normalized spacial score (nSPS) is 12.9. The predicted octanol–water partition coefficient (Wildman–Crippen LogP) is 0.821. The number of hydrogen-bond donors (Lipinski definition) is 3. The number of carboxylic acids is 1. The summed E-state index contributed by atoms with van der Waals surface area (Å²) >= 11 is 0. The summed E-state index contributed by atoms with van der Waals surface area (Å²) in [4.78, 5) is 21.5. The van der Waals surface area contributed by atoms with E-state index in [1.807, 2.05) is 27.7 Å². The van der Waals surface area contributed by atoms with Crippen LogP contribution in [-0.4, -0.2) is 42.9 Å². The maximum Gasteiger partial charge on any atom is 0.329 e. The van der Waals surface area contributed by atoms with Crippen LogP contribution in [0, 0.1) is 5.41 Å². The lowest BCUT2D eigenvalue weighted by Gasteiger charge is -2.28. The van der Waals surface area contributed by atoms with Crippen LogP contribution in [0.3, 0.4) is 0 Å². The van der Waals surface area contributed by atoms with E-state index in [0.29, 0.717) is 0 Å². The highest BCUT2D eigenvalue weighted by atomic mass is 16.5. The van der Waals surface area contributed by atoms with Crippen LogP contribution < -0.4 is 10.6 Å². The SMILES string of the molecule is CC(NC(=O)NCCOCC(=O)O)C(C)(C)C. The van der Waals surface area contributed by atoms with Gasteiger partial charge in [0.25, 0.3) is 0 Å². The molecule has 0 aliphatic heterocycles. The topological polar surface area (TPSA) is 87.7 Å². The molecule has 0 heterocycles. The van der Waals surface area contributed by atoms with E-state index in [2.05, 4.69) is 10.6 Å². The van der Waals surface area contributed by atoms with Gasteiger partial charge in [-0.25, -0.2) is 9.59 Å². The van der Waals surface area contributed by atoms with Gasteiger partial charge in [-0.15, -0.1) is 0 Å². The summed E-state index contributed by atoms with van der Waals surface area (Å²) in [7, 11) is 0. The van der Waals surface area contributed by atoms with Gasteiger partial charge in [0, 0.05) is 12.6 Å². The van der Waals surface area contributed by atoms with Gasteiger partial charge in [0.15, 0.2) is 0 Å². The van der Waals surface area contributed by atoms with Crippen molar-refractivity contribution in [1.29, 1.82) is 0 Å². The van der Waals surface area contributed by atoms with Gasteiger partial charge in [-0.3, -0.25) is 0 Å². The highest BCUT2D eigenvalue weighted by Gasteiger charge is 2.21. The number of amides is 2. The van der Waals surface area contributed by atoms with Crippen LogP contribution in [0.2, 0.25) is 0 Å². The highest BCUT2D eigenvalue weighted by Crippen LogP contribution is 2.18. The number of aliphatic carboxylic acids is 1. The zero-order valence-corrected chi connectivity index (χ0v) is 10.9. The second-order valence-corrected chi connectivity index (χ2v) is 4.93. The second-order valence-electron chi connectivity index (χ2n) is 4.93. The first kappa shape index (κ1) is 15.7. The molecule has 0 aromatic heterocycles. The van der Waals surface area contributed by atoms with Gasteiger partial charge >= 0.3 is 12.0 Å². The summed E-state index contributed by atoms with van der Waals surface area (Å²) in [6.07, 6.45) is 0. The Morgan fingerprint density at radius 1 is 1.35 bits per heavy atom. The Balaban J connectivity index is 3.64. The molecule has 0 aliphatic carbocycles. The largest absolute Gasteiger partial charge is 0.480 e. The Hall–Kier alpha value is -1.30. The lowest BCUT2D eigenvalue weighted by molar-refractivity contribution is -0.142. The Kier molecular flexibility index (Phi) is 6.57. The Bertz CT molecular complexity index is 261. The number of rotatable bonds is 6. The minimum absolute atomic E-state index is 0.00283. The van der Waals surface area contributed by atoms with Crippen molar-refractivity contribution in [2.24, 2.45) is 5.41 Å². The molecule has 3 N–H and O–H groups in total. The Morgan fingerprint density at radius 2 is 1.94 bits per heavy atom. The summed E-state index contributed by atoms with van der Waals surface area (Å²) in [6, 6.07) is -0.228. The van der Waals surface area contributed by atoms with Crippen LogP contribution in [0.15, 0.2) is 0 Å². The quantitative estimate of drug-likeness (QED) is 0.605. The third-order valence-electron chi connectivity index (χ3n) is 2.40. The van der Waals surface area contributed by atoms with E-state index in [1.165, 1.54) is 0 Å². The van der Waals surface area contributed by atoms with Crippen molar-refractivity contribution >= 4 is 12.0 Å². The fourth-order valence-electron chi connectivity index (χ4n) is 0.860. The smallest absolute Gasteiger partial charge is 0.329 e. The molecule has 0 aliphatic rings. The molecule has 0 rings (SSSR count). The van der Waals surface area contributed by atoms with Crippen molar-refractivity contribution in [2.75, 3.05) is 19.8 Å². The summed E-state index contributed by atoms with van der Waals surface area (Å²) in [5, 5.41) is 13.7. The molecule has 0 fully saturated rings. The molecule has 1 unspecified atom stereocenters. The van der Waals surface area contributed by atoms with E-state index in [0.717, 1.165) is 0 Å². The van der Waals surface area contributed by atoms with Crippen LogP contribution in [0.5, 0.6) is 0 Å². The number of ether oxygens (including phenoxy) is 1. The Labute approximate surface area is 102 Å². The molecule has 0 bridgehead atoms. The van der Waals surface area contributed by atoms with E-state index >= 15 is 0 Å². The molecule has 0 aromatic rings. The first-order valence-corrected chi connectivity index (χ1v) is 5.57. The lowest BCUT2D eigenvalue weighted by atomic mass is 9.88. The van der Waals surface area contributed by atoms with E-state index in [9.17, 15) is 9.59 Å². The molecule has 17 heavy (non-hydrogen) atoms. The van der Waals surface area contributed by atoms with Crippen LogP contribution in [-0.2, 0) is 9.53 Å². The molecule has 6 heteroatoms. The average Bonchev–Trinajstić information content (AvgIpc) is 2.15. The molecule has 6 nitrogen and oxygen atoms in total. The molecule has 0 aromatic carbocycles. The summed E-state index contributed by atoms with van der Waals surface area (Å²) in [5.74, 6) is -1.02. The maximum absolute atomic E-state index is 11.4. The van der Waals surface area contributed by atoms with Crippen LogP contribution in [0.4, 0.5) is 4.79 Å². The van der Waals surface area contributed by atoms with Crippen LogP contribution >= 0.6 is 0 Å². The Morgan fingerprint density at radius 3 is 2.41 bits per heavy atom. The number of nitrogens with one attached hydrogen (secondary N) is 2. The number of carboxylic acid groups (broad SMARTS) is 1. The molecule has 0 spiro atoms. The zero-order chi connectivity index (χ0) is 13.5. The molecule has 1 atom stereocenters. The first-order chi connectivity index (χ1) is 7.73. The van der Waals surface area contributed by atoms with Gasteiger partial charge in [0.05, 0.1) is 6.61 Å². The summed E-state index contributed by atoms with van der Waals surface area (Å²) in [5.41, 5.74) is -0.00283. The summed E-state index contributed by atoms with van der Waals surface area (Å²) in [6.45, 7) is 8.16. The average molecular weight is 246 g/mol. The third kappa shape index (κ3) is 8.50. The number of carbonyl (C=O) groups is 2. The summed E-state index contributed by atoms with van der Waals surface area (Å²) < 4.78 is 4.78. The van der Waals surface area contributed by atoms with E-state index in [4.69, 9.17) is 9.84 Å². The van der Waals surface area contributed by atoms with Crippen molar-refractivity contribution < 1.29 is 19.4 Å². The predicted molar refractivity (Wildman–Crippen MR) is 63.9 cm³/mol. The third-order valence-corrected chi connectivity index (χ3v) is 2.40. The van der Waals surface area contributed by atoms with Gasteiger partial charge < -0.3 is 20.5 Å². The minimum atomic E-state index is -1.02. The zero-order valence-electron chi connectivity index (χ0n) is 10.9. The van der Waals surface area contributed by atoms with Crippen LogP contribution in [0.1, 0.15) is 27.7 Å². The number of carbonyl (C=O) groups excluding carboxylic acids is 1. The van der Waals surface area contributed by atoms with Crippen molar-refractivity contribution in [1.82, 2.24) is 10.6 Å². The molecular formula is C11H22N2O4. The molecule has 2 amide bonds. The van der Waals surface area contributed by atoms with E-state index in [1.54, 1.807) is 0 Å². The molecule has 0 saturated heterocycles. The van der Waals surface area contributed by atoms with Crippen molar-refractivity contribution in [3.05, 3.63) is 0 Å². The number of urea groups is 1. The standard InChI is InChI=1S/C11H22N2O4/c1-8(11(2,3)4)13-10(16)12-5-6-17-7-9(14)15/h8H,5-7H2,1-4H3,(H,14,15)(H2,12,13,16). The van der Waals surface area contributed by atoms with Crippen molar-refractivity contribution in [3.63, 3.8) is 0 Å². The molecule has 100 valence electrons. The maximum atomic E-state index is 11.4. The lowest BCUT2D eigenvalue weighted by Crippen LogP contribution is -2.47. The van der Waals surface area contributed by atoms with Gasteiger partial charge in [0.1, 0.15) is 6.61 Å². The van der Waals surface area contributed by atoms with Gasteiger partial charge in [-0.05, 0) is 12.3 Å². The van der Waals surface area contributed by atoms with Crippen molar-refractivity contribution in [3.8, 4) is 0 Å². The van der Waals surface area contributed by atoms with Gasteiger partial charge in [-0.1, -0.05) is 20.8 Å². The first-order valence-electron chi connectivity index (χ1n) is 5.57. The van der Waals surface area contributed by atoms with E-state index < -0.39 is 5.97 Å². The fraction of sp³-hybridized carbons (Fsp3) is 0.818. The minimum Gasteiger partial charge on any atom is -0.480 e. The van der Waals surface area contributed by atoms with Crippen molar-refractivity contribution in [2.45, 2.75) is 33.7 Å². The van der Waals surface area contributed by atoms with Crippen LogP contribution in [0.25, 0.3) is 0 Å². The fourth-order valence-corrected chi connectivity index (χ4v) is 0.860. The molecular weight excluding hydrogens is 224 g/mol. The monoisotopic (exact) mass is 246 g/mol. The highest BCUT2D eigenvalue weighted by molar-refractivity contribution is 5.74. The molecule has 0 saturated carbocycles.